The number of thioether (sulfide) groups is 2. The summed E-state index contributed by atoms with van der Waals surface area (Å²) in [6.45, 7) is -0.170. The number of nitrogens with zero attached hydrogens (tertiary/aromatic N) is 1. The topological polar surface area (TPSA) is 61.6 Å². The van der Waals surface area contributed by atoms with Crippen LogP contribution in [0.4, 0.5) is 0 Å². The van der Waals surface area contributed by atoms with Crippen LogP contribution in [0.3, 0.4) is 0 Å². The highest BCUT2D eigenvalue weighted by atomic mass is 32.2. The Balaban J connectivity index is 1.29. The summed E-state index contributed by atoms with van der Waals surface area (Å²) in [5.41, 5.74) is 2.04. The molecule has 1 aliphatic rings. The first kappa shape index (κ1) is 19.0. The van der Waals surface area contributed by atoms with Gasteiger partial charge in [-0.2, -0.15) is 0 Å². The van der Waals surface area contributed by atoms with Gasteiger partial charge in [0.15, 0.2) is 19.0 Å². The van der Waals surface area contributed by atoms with Crippen LogP contribution in [0.25, 0.3) is 11.3 Å². The number of aromatic nitrogens is 1. The maximum atomic E-state index is 12.1. The first-order valence-electron chi connectivity index (χ1n) is 8.90. The van der Waals surface area contributed by atoms with Crippen molar-refractivity contribution in [2.45, 2.75) is 11.2 Å². The summed E-state index contributed by atoms with van der Waals surface area (Å²) < 4.78 is 16.9. The molecule has 0 spiro atoms. The van der Waals surface area contributed by atoms with Crippen LogP contribution in [0.2, 0.25) is 0 Å². The number of para-hydroxylation sites is 1. The van der Waals surface area contributed by atoms with Crippen LogP contribution in [0, 0.1) is 0 Å². The molecule has 144 valence electrons. The molecule has 0 amide bonds. The van der Waals surface area contributed by atoms with Gasteiger partial charge in [-0.05, 0) is 6.07 Å². The highest BCUT2D eigenvalue weighted by Gasteiger charge is 2.22. The van der Waals surface area contributed by atoms with Crippen molar-refractivity contribution in [3.63, 3.8) is 0 Å². The van der Waals surface area contributed by atoms with Crippen LogP contribution in [0.15, 0.2) is 65.2 Å². The van der Waals surface area contributed by atoms with E-state index in [1.54, 1.807) is 6.20 Å². The van der Waals surface area contributed by atoms with Gasteiger partial charge < -0.3 is 13.9 Å². The Bertz CT molecular complexity index is 923. The van der Waals surface area contributed by atoms with Crippen molar-refractivity contribution in [1.82, 2.24) is 4.98 Å². The summed E-state index contributed by atoms with van der Waals surface area (Å²) in [7, 11) is 0. The van der Waals surface area contributed by atoms with Crippen LogP contribution in [-0.2, 0) is 16.1 Å². The number of oxazole rings is 1. The van der Waals surface area contributed by atoms with Crippen LogP contribution in [0.5, 0.6) is 5.75 Å². The lowest BCUT2D eigenvalue weighted by molar-refractivity contribution is -0.148. The molecule has 28 heavy (non-hydrogen) atoms. The standard InChI is InChI=1S/C21H19NO4S2/c23-20(14-24-17-9-5-4-8-16(17)21-27-10-11-28-21)25-13-19-22-12-18(26-19)15-6-2-1-3-7-15/h1-9,12,21H,10-11,13-14H2. The van der Waals surface area contributed by atoms with E-state index >= 15 is 0 Å². The molecule has 1 aromatic heterocycles. The van der Waals surface area contributed by atoms with E-state index in [4.69, 9.17) is 13.9 Å². The second kappa shape index (κ2) is 9.21. The zero-order valence-electron chi connectivity index (χ0n) is 15.1. The van der Waals surface area contributed by atoms with Crippen molar-refractivity contribution in [1.29, 1.82) is 0 Å². The van der Waals surface area contributed by atoms with Gasteiger partial charge in [-0.3, -0.25) is 0 Å². The Morgan fingerprint density at radius 2 is 1.82 bits per heavy atom. The monoisotopic (exact) mass is 413 g/mol. The second-order valence-corrected chi connectivity index (χ2v) is 8.77. The molecule has 2 aromatic carbocycles. The van der Waals surface area contributed by atoms with Gasteiger partial charge in [0.05, 0.1) is 10.8 Å². The van der Waals surface area contributed by atoms with E-state index < -0.39 is 5.97 Å². The lowest BCUT2D eigenvalue weighted by Gasteiger charge is -2.14. The van der Waals surface area contributed by atoms with E-state index in [1.807, 2.05) is 72.1 Å². The predicted molar refractivity (Wildman–Crippen MR) is 111 cm³/mol. The van der Waals surface area contributed by atoms with Crippen LogP contribution in [-0.4, -0.2) is 29.1 Å². The molecular formula is C21H19NO4S2. The number of esters is 1. The quantitative estimate of drug-likeness (QED) is 0.508. The third kappa shape index (κ3) is 4.72. The van der Waals surface area contributed by atoms with Crippen molar-refractivity contribution in [2.24, 2.45) is 0 Å². The summed E-state index contributed by atoms with van der Waals surface area (Å²) in [5.74, 6) is 3.53. The molecule has 4 rings (SSSR count). The SMILES string of the molecule is O=C(COc1ccccc1C1SCCS1)OCc1ncc(-c2ccccc2)o1. The summed E-state index contributed by atoms with van der Waals surface area (Å²) in [6.07, 6.45) is 1.63. The zero-order valence-corrected chi connectivity index (χ0v) is 16.7. The van der Waals surface area contributed by atoms with Gasteiger partial charge in [-0.1, -0.05) is 48.5 Å². The van der Waals surface area contributed by atoms with E-state index in [1.165, 1.54) is 0 Å². The molecule has 2 heterocycles. The Morgan fingerprint density at radius 3 is 2.64 bits per heavy atom. The third-order valence-electron chi connectivity index (χ3n) is 4.11. The fourth-order valence-electron chi connectivity index (χ4n) is 2.78. The summed E-state index contributed by atoms with van der Waals surface area (Å²) in [4.78, 5) is 16.2. The van der Waals surface area contributed by atoms with Crippen molar-refractivity contribution in [3.05, 3.63) is 72.2 Å². The number of carbonyl (C=O) groups is 1. The van der Waals surface area contributed by atoms with E-state index in [2.05, 4.69) is 11.1 Å². The minimum absolute atomic E-state index is 0.0228. The van der Waals surface area contributed by atoms with E-state index in [0.29, 0.717) is 16.2 Å². The van der Waals surface area contributed by atoms with E-state index in [0.717, 1.165) is 28.4 Å². The van der Waals surface area contributed by atoms with Crippen LogP contribution in [0.1, 0.15) is 16.0 Å². The minimum atomic E-state index is -0.457. The number of carbonyl (C=O) groups excluding carboxylic acids is 1. The Labute approximate surface area is 171 Å². The average molecular weight is 414 g/mol. The number of ether oxygens (including phenoxy) is 2. The van der Waals surface area contributed by atoms with Gasteiger partial charge in [0, 0.05) is 22.6 Å². The lowest BCUT2D eigenvalue weighted by atomic mass is 10.2. The summed E-state index contributed by atoms with van der Waals surface area (Å²) in [6, 6.07) is 17.5. The molecule has 1 aliphatic heterocycles. The van der Waals surface area contributed by atoms with Gasteiger partial charge in [0.2, 0.25) is 5.89 Å². The number of rotatable bonds is 7. The highest BCUT2D eigenvalue weighted by Crippen LogP contribution is 2.48. The number of hydrogen-bond donors (Lipinski definition) is 0. The van der Waals surface area contributed by atoms with E-state index in [-0.39, 0.29) is 13.2 Å². The predicted octanol–water partition coefficient (Wildman–Crippen LogP) is 4.94. The Morgan fingerprint density at radius 1 is 1.07 bits per heavy atom. The molecule has 0 bridgehead atoms. The molecule has 0 aliphatic carbocycles. The summed E-state index contributed by atoms with van der Waals surface area (Å²) in [5, 5.41) is 0. The fourth-order valence-corrected chi connectivity index (χ4v) is 5.69. The molecule has 5 nitrogen and oxygen atoms in total. The van der Waals surface area contributed by atoms with Gasteiger partial charge >= 0.3 is 5.97 Å². The molecule has 0 atom stereocenters. The van der Waals surface area contributed by atoms with Crippen molar-refractivity contribution in [3.8, 4) is 17.1 Å². The largest absolute Gasteiger partial charge is 0.482 e. The molecular weight excluding hydrogens is 394 g/mol. The minimum Gasteiger partial charge on any atom is -0.482 e. The third-order valence-corrected chi connectivity index (χ3v) is 7.18. The number of hydrogen-bond acceptors (Lipinski definition) is 7. The average Bonchev–Trinajstić information content (AvgIpc) is 3.44. The molecule has 3 aromatic rings. The van der Waals surface area contributed by atoms with Crippen molar-refractivity contribution < 1.29 is 18.7 Å². The van der Waals surface area contributed by atoms with Gasteiger partial charge in [-0.15, -0.1) is 23.5 Å². The van der Waals surface area contributed by atoms with Crippen LogP contribution < -0.4 is 4.74 Å². The maximum Gasteiger partial charge on any atom is 0.344 e. The Kier molecular flexibility index (Phi) is 6.24. The van der Waals surface area contributed by atoms with Crippen molar-refractivity contribution >= 4 is 29.5 Å². The van der Waals surface area contributed by atoms with Gasteiger partial charge in [0.1, 0.15) is 5.75 Å². The summed E-state index contributed by atoms with van der Waals surface area (Å²) >= 11 is 3.80. The fraction of sp³-hybridized carbons (Fsp3) is 0.238. The first-order valence-corrected chi connectivity index (χ1v) is 11.0. The molecule has 0 saturated carbocycles. The molecule has 1 fully saturated rings. The van der Waals surface area contributed by atoms with Gasteiger partial charge in [0.25, 0.3) is 0 Å². The molecule has 0 radical (unpaired) electrons. The Hall–Kier alpha value is -2.38. The van der Waals surface area contributed by atoms with Gasteiger partial charge in [-0.25, -0.2) is 9.78 Å². The van der Waals surface area contributed by atoms with E-state index in [9.17, 15) is 4.79 Å². The highest BCUT2D eigenvalue weighted by molar-refractivity contribution is 8.19. The van der Waals surface area contributed by atoms with Crippen molar-refractivity contribution in [2.75, 3.05) is 18.1 Å². The maximum absolute atomic E-state index is 12.1. The lowest BCUT2D eigenvalue weighted by Crippen LogP contribution is -2.15. The molecule has 0 N–H and O–H groups in total. The normalized spacial score (nSPS) is 14.1. The molecule has 1 saturated heterocycles. The zero-order chi connectivity index (χ0) is 19.2. The molecule has 7 heteroatoms. The first-order chi connectivity index (χ1) is 13.8. The van der Waals surface area contributed by atoms with Crippen LogP contribution >= 0.6 is 23.5 Å². The smallest absolute Gasteiger partial charge is 0.344 e. The second-order valence-electron chi connectivity index (χ2n) is 6.04. The number of benzene rings is 2. The molecule has 0 unspecified atom stereocenters.